The van der Waals surface area contributed by atoms with Crippen LogP contribution in [-0.4, -0.2) is 30.4 Å². The van der Waals surface area contributed by atoms with E-state index in [1.807, 2.05) is 13.8 Å². The zero-order chi connectivity index (χ0) is 11.9. The van der Waals surface area contributed by atoms with E-state index in [2.05, 4.69) is 5.32 Å². The van der Waals surface area contributed by atoms with Gasteiger partial charge in [-0.1, -0.05) is 0 Å². The van der Waals surface area contributed by atoms with E-state index in [4.69, 9.17) is 0 Å². The Morgan fingerprint density at radius 2 is 1.80 bits per heavy atom. The molecule has 1 rings (SSSR count). The summed E-state index contributed by atoms with van der Waals surface area (Å²) in [5.41, 5.74) is 0. The summed E-state index contributed by atoms with van der Waals surface area (Å²) < 4.78 is 22.6. The van der Waals surface area contributed by atoms with Crippen LogP contribution >= 0.6 is 0 Å². The van der Waals surface area contributed by atoms with Gasteiger partial charge in [0.25, 0.3) is 0 Å². The summed E-state index contributed by atoms with van der Waals surface area (Å²) in [5.74, 6) is -0.399. The Morgan fingerprint density at radius 1 is 1.33 bits per heavy atom. The van der Waals surface area contributed by atoms with Crippen molar-refractivity contribution >= 4 is 15.7 Å². The third-order valence-electron chi connectivity index (χ3n) is 2.64. The fraction of sp³-hybridized carbons (Fsp3) is 0.900. The van der Waals surface area contributed by atoms with Gasteiger partial charge >= 0.3 is 0 Å². The van der Waals surface area contributed by atoms with Crippen LogP contribution in [0.5, 0.6) is 0 Å². The molecular weight excluding hydrogens is 214 g/mol. The average Bonchev–Trinajstić information content (AvgIpc) is 2.83. The van der Waals surface area contributed by atoms with Crippen LogP contribution in [0.2, 0.25) is 0 Å². The first-order valence-corrected chi connectivity index (χ1v) is 6.78. The molecule has 88 valence electrons. The second-order valence-corrected chi connectivity index (χ2v) is 7.66. The van der Waals surface area contributed by atoms with Crippen LogP contribution in [0.25, 0.3) is 0 Å². The molecule has 0 atom stereocenters. The Labute approximate surface area is 91.4 Å². The molecule has 1 saturated carbocycles. The maximum atomic E-state index is 12.0. The third kappa shape index (κ3) is 2.33. The second kappa shape index (κ2) is 3.77. The van der Waals surface area contributed by atoms with Gasteiger partial charge in [0.15, 0.2) is 9.84 Å². The van der Waals surface area contributed by atoms with Gasteiger partial charge in [-0.05, 0) is 40.5 Å². The predicted molar refractivity (Wildman–Crippen MR) is 59.3 cm³/mol. The zero-order valence-corrected chi connectivity index (χ0v) is 10.5. The normalized spacial score (nSPS) is 17.9. The highest BCUT2D eigenvalue weighted by Gasteiger charge is 2.50. The van der Waals surface area contributed by atoms with Crippen molar-refractivity contribution in [2.24, 2.45) is 0 Å². The summed E-state index contributed by atoms with van der Waals surface area (Å²) in [6.07, 6.45) is 1.39. The number of amides is 1. The van der Waals surface area contributed by atoms with Gasteiger partial charge in [0.1, 0.15) is 4.75 Å². The fourth-order valence-electron chi connectivity index (χ4n) is 1.36. The van der Waals surface area contributed by atoms with E-state index in [0.717, 1.165) is 0 Å². The highest BCUT2D eigenvalue weighted by atomic mass is 32.2. The SMILES string of the molecule is CC(C)NC(=O)C(C)(C)S(=O)(=O)C1CC1. The summed E-state index contributed by atoms with van der Waals surface area (Å²) >= 11 is 0. The van der Waals surface area contributed by atoms with Gasteiger partial charge in [-0.3, -0.25) is 4.79 Å². The van der Waals surface area contributed by atoms with Gasteiger partial charge in [-0.25, -0.2) is 8.42 Å². The van der Waals surface area contributed by atoms with Crippen LogP contribution in [0.3, 0.4) is 0 Å². The largest absolute Gasteiger partial charge is 0.353 e. The summed E-state index contributed by atoms with van der Waals surface area (Å²) in [7, 11) is -3.32. The second-order valence-electron chi connectivity index (χ2n) is 4.88. The number of hydrogen-bond donors (Lipinski definition) is 1. The molecule has 0 spiro atoms. The Kier molecular flexibility index (Phi) is 3.14. The van der Waals surface area contributed by atoms with E-state index in [1.54, 1.807) is 0 Å². The zero-order valence-electron chi connectivity index (χ0n) is 9.70. The minimum absolute atomic E-state index is 0.0359. The fourth-order valence-corrected chi connectivity index (χ4v) is 3.27. The molecule has 0 aromatic heterocycles. The van der Waals surface area contributed by atoms with E-state index < -0.39 is 20.5 Å². The van der Waals surface area contributed by atoms with Crippen molar-refractivity contribution in [1.29, 1.82) is 0 Å². The maximum Gasteiger partial charge on any atom is 0.241 e. The Hall–Kier alpha value is -0.580. The molecule has 0 radical (unpaired) electrons. The van der Waals surface area contributed by atoms with E-state index >= 15 is 0 Å². The molecule has 0 bridgehead atoms. The van der Waals surface area contributed by atoms with E-state index in [9.17, 15) is 13.2 Å². The number of hydrogen-bond acceptors (Lipinski definition) is 3. The number of sulfone groups is 1. The number of carbonyl (C=O) groups excluding carboxylic acids is 1. The molecule has 5 heteroatoms. The molecule has 0 aromatic carbocycles. The lowest BCUT2D eigenvalue weighted by Gasteiger charge is -2.24. The highest BCUT2D eigenvalue weighted by molar-refractivity contribution is 7.94. The van der Waals surface area contributed by atoms with Gasteiger partial charge in [-0.15, -0.1) is 0 Å². The molecule has 1 amide bonds. The van der Waals surface area contributed by atoms with Crippen molar-refractivity contribution in [3.63, 3.8) is 0 Å². The number of nitrogens with one attached hydrogen (secondary N) is 1. The molecule has 0 aromatic rings. The van der Waals surface area contributed by atoms with Gasteiger partial charge < -0.3 is 5.32 Å². The van der Waals surface area contributed by atoms with Gasteiger partial charge in [0, 0.05) is 6.04 Å². The van der Waals surface area contributed by atoms with Gasteiger partial charge in [0.2, 0.25) is 5.91 Å². The van der Waals surface area contributed by atoms with Crippen molar-refractivity contribution < 1.29 is 13.2 Å². The van der Waals surface area contributed by atoms with Crippen molar-refractivity contribution in [3.05, 3.63) is 0 Å². The molecule has 0 heterocycles. The molecular formula is C10H19NO3S. The molecule has 0 saturated heterocycles. The molecule has 15 heavy (non-hydrogen) atoms. The van der Waals surface area contributed by atoms with Crippen molar-refractivity contribution in [2.45, 2.75) is 56.6 Å². The maximum absolute atomic E-state index is 12.0. The van der Waals surface area contributed by atoms with Crippen LogP contribution in [0.1, 0.15) is 40.5 Å². The van der Waals surface area contributed by atoms with Gasteiger partial charge in [-0.2, -0.15) is 0 Å². The lowest BCUT2D eigenvalue weighted by molar-refractivity contribution is -0.123. The van der Waals surface area contributed by atoms with Crippen LogP contribution in [0.15, 0.2) is 0 Å². The summed E-state index contributed by atoms with van der Waals surface area (Å²) in [6, 6.07) is -0.0359. The topological polar surface area (TPSA) is 63.2 Å². The van der Waals surface area contributed by atoms with Crippen LogP contribution in [-0.2, 0) is 14.6 Å². The minimum atomic E-state index is -3.32. The summed E-state index contributed by atoms with van der Waals surface area (Å²) in [6.45, 7) is 6.60. The Morgan fingerprint density at radius 3 is 2.13 bits per heavy atom. The van der Waals surface area contributed by atoms with E-state index in [0.29, 0.717) is 12.8 Å². The van der Waals surface area contributed by atoms with E-state index in [1.165, 1.54) is 13.8 Å². The third-order valence-corrected chi connectivity index (χ3v) is 5.60. The lowest BCUT2D eigenvalue weighted by atomic mass is 10.2. The van der Waals surface area contributed by atoms with Crippen LogP contribution < -0.4 is 5.32 Å². The van der Waals surface area contributed by atoms with Crippen molar-refractivity contribution in [2.75, 3.05) is 0 Å². The summed E-state index contributed by atoms with van der Waals surface area (Å²) in [5, 5.41) is 2.35. The molecule has 1 N–H and O–H groups in total. The highest BCUT2D eigenvalue weighted by Crippen LogP contribution is 2.36. The first kappa shape index (κ1) is 12.5. The smallest absolute Gasteiger partial charge is 0.241 e. The first-order chi connectivity index (χ1) is 6.69. The van der Waals surface area contributed by atoms with Crippen LogP contribution in [0, 0.1) is 0 Å². The standard InChI is InChI=1S/C10H19NO3S/c1-7(2)11-9(12)10(3,4)15(13,14)8-5-6-8/h7-8H,5-6H2,1-4H3,(H,11,12). The molecule has 1 aliphatic carbocycles. The molecule has 1 fully saturated rings. The average molecular weight is 233 g/mol. The minimum Gasteiger partial charge on any atom is -0.353 e. The van der Waals surface area contributed by atoms with Crippen LogP contribution in [0.4, 0.5) is 0 Å². The molecule has 0 aliphatic heterocycles. The molecule has 0 unspecified atom stereocenters. The number of rotatable bonds is 4. The number of carbonyl (C=O) groups is 1. The predicted octanol–water partition coefficient (Wildman–Crippen LogP) is 0.867. The van der Waals surface area contributed by atoms with E-state index in [-0.39, 0.29) is 11.3 Å². The first-order valence-electron chi connectivity index (χ1n) is 5.24. The van der Waals surface area contributed by atoms with Gasteiger partial charge in [0.05, 0.1) is 5.25 Å². The Balaban J connectivity index is 2.86. The Bertz CT molecular complexity index is 353. The summed E-state index contributed by atoms with van der Waals surface area (Å²) in [4.78, 5) is 11.8. The lowest BCUT2D eigenvalue weighted by Crippen LogP contribution is -2.51. The monoisotopic (exact) mass is 233 g/mol. The molecule has 1 aliphatic rings. The van der Waals surface area contributed by atoms with Crippen molar-refractivity contribution in [1.82, 2.24) is 5.32 Å². The molecule has 4 nitrogen and oxygen atoms in total. The van der Waals surface area contributed by atoms with Crippen molar-refractivity contribution in [3.8, 4) is 0 Å². The quantitative estimate of drug-likeness (QED) is 0.783.